The highest BCUT2D eigenvalue weighted by Crippen LogP contribution is 2.16. The Labute approximate surface area is 145 Å². The van der Waals surface area contributed by atoms with Gasteiger partial charge in [0.05, 0.1) is 7.11 Å². The third-order valence-corrected chi connectivity index (χ3v) is 4.00. The maximum absolute atomic E-state index is 12.3. The van der Waals surface area contributed by atoms with Crippen LogP contribution in [0.25, 0.3) is 0 Å². The van der Waals surface area contributed by atoms with E-state index < -0.39 is 0 Å². The molecule has 2 rings (SSSR count). The lowest BCUT2D eigenvalue weighted by atomic mass is 10.1. The summed E-state index contributed by atoms with van der Waals surface area (Å²) in [6, 6.07) is 13.8. The van der Waals surface area contributed by atoms with Gasteiger partial charge in [-0.05, 0) is 48.5 Å². The number of hydrogen-bond donors (Lipinski definition) is 0. The summed E-state index contributed by atoms with van der Waals surface area (Å²) >= 11 is 6.62. The number of halogens is 2. The molecule has 3 nitrogen and oxygen atoms in total. The van der Waals surface area contributed by atoms with E-state index in [4.69, 9.17) is 4.74 Å². The molecule has 0 aliphatic heterocycles. The van der Waals surface area contributed by atoms with Gasteiger partial charge in [0.15, 0.2) is 11.5 Å². The number of rotatable bonds is 5. The minimum Gasteiger partial charge on any atom is -0.492 e. The molecule has 2 aromatic rings. The van der Waals surface area contributed by atoms with Crippen LogP contribution in [0.2, 0.25) is 0 Å². The number of Topliss-reactive ketones (excluding diaryl/α,β-unsaturated/α-hetero) is 1. The van der Waals surface area contributed by atoms with Crippen molar-refractivity contribution in [1.82, 2.24) is 0 Å². The minimum absolute atomic E-state index is 0.00948. The summed E-state index contributed by atoms with van der Waals surface area (Å²) in [7, 11) is 1.37. The fraction of sp³-hybridized carbons (Fsp3) is 0.0588. The van der Waals surface area contributed by atoms with E-state index in [0.717, 1.165) is 8.95 Å². The molecule has 5 heteroatoms. The topological polar surface area (TPSA) is 43.4 Å². The number of carbonyl (C=O) groups excluding carboxylic acids is 2. The Morgan fingerprint density at radius 2 is 1.32 bits per heavy atom. The molecule has 0 bridgehead atoms. The van der Waals surface area contributed by atoms with Crippen molar-refractivity contribution in [2.75, 3.05) is 7.11 Å². The van der Waals surface area contributed by atoms with Crippen LogP contribution in [0.5, 0.6) is 0 Å². The normalized spacial score (nSPS) is 11.1. The van der Waals surface area contributed by atoms with Crippen molar-refractivity contribution in [2.45, 2.75) is 0 Å². The standard InChI is InChI=1S/C17H12Br2O3/c1-22-16(17(21)12-4-8-14(19)9-5-12)10-15(20)11-2-6-13(18)7-3-11/h2-10H,1H3/b16-10-. The lowest BCUT2D eigenvalue weighted by Crippen LogP contribution is -2.08. The predicted molar refractivity (Wildman–Crippen MR) is 92.0 cm³/mol. The molecule has 0 N–H and O–H groups in total. The van der Waals surface area contributed by atoms with Crippen molar-refractivity contribution in [3.63, 3.8) is 0 Å². The van der Waals surface area contributed by atoms with Crippen LogP contribution in [0, 0.1) is 0 Å². The summed E-state index contributed by atoms with van der Waals surface area (Å²) < 4.78 is 6.84. The first-order chi connectivity index (χ1) is 10.5. The fourth-order valence-electron chi connectivity index (χ4n) is 1.78. The van der Waals surface area contributed by atoms with Crippen LogP contribution >= 0.6 is 31.9 Å². The molecule has 0 heterocycles. The third-order valence-electron chi connectivity index (χ3n) is 2.94. The Morgan fingerprint density at radius 1 is 0.864 bits per heavy atom. The number of allylic oxidation sites excluding steroid dienone is 2. The molecule has 0 aromatic heterocycles. The van der Waals surface area contributed by atoms with Crippen molar-refractivity contribution < 1.29 is 14.3 Å². The number of benzene rings is 2. The highest BCUT2D eigenvalue weighted by molar-refractivity contribution is 9.10. The monoisotopic (exact) mass is 422 g/mol. The van der Waals surface area contributed by atoms with Gasteiger partial charge in [0.25, 0.3) is 0 Å². The molecule has 0 amide bonds. The van der Waals surface area contributed by atoms with Gasteiger partial charge in [-0.2, -0.15) is 0 Å². The summed E-state index contributed by atoms with van der Waals surface area (Å²) in [5.74, 6) is -0.606. The minimum atomic E-state index is -0.333. The van der Waals surface area contributed by atoms with Crippen molar-refractivity contribution >= 4 is 43.4 Å². The van der Waals surface area contributed by atoms with E-state index in [1.807, 2.05) is 0 Å². The average molecular weight is 424 g/mol. The SMILES string of the molecule is CO/C(=C\C(=O)c1ccc(Br)cc1)C(=O)c1ccc(Br)cc1. The quantitative estimate of drug-likeness (QED) is 0.393. The molecule has 22 heavy (non-hydrogen) atoms. The van der Waals surface area contributed by atoms with Gasteiger partial charge in [-0.3, -0.25) is 9.59 Å². The molecular weight excluding hydrogens is 412 g/mol. The number of methoxy groups -OCH3 is 1. The van der Waals surface area contributed by atoms with Gasteiger partial charge < -0.3 is 4.74 Å². The number of ether oxygens (including phenoxy) is 1. The van der Waals surface area contributed by atoms with Crippen molar-refractivity contribution in [1.29, 1.82) is 0 Å². The Bertz CT molecular complexity index is 717. The van der Waals surface area contributed by atoms with Gasteiger partial charge in [0, 0.05) is 26.1 Å². The van der Waals surface area contributed by atoms with Crippen LogP contribution in [0.4, 0.5) is 0 Å². The largest absolute Gasteiger partial charge is 0.492 e. The van der Waals surface area contributed by atoms with E-state index >= 15 is 0 Å². The molecule has 0 unspecified atom stereocenters. The lowest BCUT2D eigenvalue weighted by molar-refractivity contribution is 0.0937. The summed E-state index contributed by atoms with van der Waals surface area (Å²) in [6.45, 7) is 0. The van der Waals surface area contributed by atoms with Crippen LogP contribution in [-0.4, -0.2) is 18.7 Å². The van der Waals surface area contributed by atoms with E-state index in [-0.39, 0.29) is 17.3 Å². The zero-order valence-corrected chi connectivity index (χ0v) is 14.8. The van der Waals surface area contributed by atoms with Gasteiger partial charge in [-0.1, -0.05) is 31.9 Å². The maximum atomic E-state index is 12.3. The summed E-state index contributed by atoms with van der Waals surface area (Å²) in [6.07, 6.45) is 1.22. The van der Waals surface area contributed by atoms with Gasteiger partial charge in [0.2, 0.25) is 5.78 Å². The second kappa shape index (κ2) is 7.51. The Hall–Kier alpha value is -1.72. The zero-order chi connectivity index (χ0) is 16.1. The Kier molecular flexibility index (Phi) is 5.69. The van der Waals surface area contributed by atoms with E-state index in [2.05, 4.69) is 31.9 Å². The van der Waals surface area contributed by atoms with E-state index in [0.29, 0.717) is 11.1 Å². The smallest absolute Gasteiger partial charge is 0.227 e. The third kappa shape index (κ3) is 4.15. The lowest BCUT2D eigenvalue weighted by Gasteiger charge is -2.05. The average Bonchev–Trinajstić information content (AvgIpc) is 2.53. The fourth-order valence-corrected chi connectivity index (χ4v) is 2.31. The molecule has 0 spiro atoms. The van der Waals surface area contributed by atoms with Crippen molar-refractivity contribution in [3.05, 3.63) is 80.4 Å². The van der Waals surface area contributed by atoms with Gasteiger partial charge in [-0.15, -0.1) is 0 Å². The molecule has 0 aliphatic carbocycles. The van der Waals surface area contributed by atoms with Crippen LogP contribution < -0.4 is 0 Å². The second-order valence-corrected chi connectivity index (χ2v) is 6.25. The first kappa shape index (κ1) is 16.6. The molecule has 0 atom stereocenters. The molecule has 0 saturated carbocycles. The highest BCUT2D eigenvalue weighted by atomic mass is 79.9. The maximum Gasteiger partial charge on any atom is 0.227 e. The van der Waals surface area contributed by atoms with Crippen LogP contribution in [0.15, 0.2) is 69.3 Å². The van der Waals surface area contributed by atoms with E-state index in [9.17, 15) is 9.59 Å². The summed E-state index contributed by atoms with van der Waals surface area (Å²) in [4.78, 5) is 24.5. The number of carbonyl (C=O) groups is 2. The highest BCUT2D eigenvalue weighted by Gasteiger charge is 2.15. The Morgan fingerprint density at radius 3 is 1.77 bits per heavy atom. The molecule has 0 fully saturated rings. The van der Waals surface area contributed by atoms with Gasteiger partial charge in [-0.25, -0.2) is 0 Å². The van der Waals surface area contributed by atoms with Crippen LogP contribution in [0.3, 0.4) is 0 Å². The molecule has 2 aromatic carbocycles. The molecular formula is C17H12Br2O3. The van der Waals surface area contributed by atoms with Crippen molar-refractivity contribution in [2.24, 2.45) is 0 Å². The van der Waals surface area contributed by atoms with Gasteiger partial charge >= 0.3 is 0 Å². The molecule has 112 valence electrons. The first-order valence-corrected chi connectivity index (χ1v) is 7.95. The van der Waals surface area contributed by atoms with Crippen molar-refractivity contribution in [3.8, 4) is 0 Å². The Balaban J connectivity index is 2.26. The molecule has 0 saturated heterocycles. The van der Waals surface area contributed by atoms with E-state index in [1.165, 1.54) is 13.2 Å². The van der Waals surface area contributed by atoms with Crippen LogP contribution in [0.1, 0.15) is 20.7 Å². The second-order valence-electron chi connectivity index (χ2n) is 4.42. The van der Waals surface area contributed by atoms with E-state index in [1.54, 1.807) is 48.5 Å². The number of hydrogen-bond acceptors (Lipinski definition) is 3. The summed E-state index contributed by atoms with van der Waals surface area (Å²) in [5.41, 5.74) is 0.946. The molecule has 0 radical (unpaired) electrons. The predicted octanol–water partition coefficient (Wildman–Crippen LogP) is 4.81. The number of ketones is 2. The van der Waals surface area contributed by atoms with Gasteiger partial charge in [0.1, 0.15) is 0 Å². The zero-order valence-electron chi connectivity index (χ0n) is 11.7. The van der Waals surface area contributed by atoms with Crippen LogP contribution in [-0.2, 0) is 4.74 Å². The first-order valence-electron chi connectivity index (χ1n) is 6.37. The summed E-state index contributed by atoms with van der Waals surface area (Å²) in [5, 5.41) is 0. The molecule has 0 aliphatic rings.